The van der Waals surface area contributed by atoms with Crippen molar-refractivity contribution in [2.75, 3.05) is 16.8 Å². The van der Waals surface area contributed by atoms with Crippen LogP contribution in [0.5, 0.6) is 0 Å². The third kappa shape index (κ3) is 2.64. The van der Waals surface area contributed by atoms with Crippen LogP contribution in [0.1, 0.15) is 12.8 Å². The fourth-order valence-corrected chi connectivity index (χ4v) is 2.83. The van der Waals surface area contributed by atoms with E-state index in [1.807, 2.05) is 11.8 Å². The zero-order chi connectivity index (χ0) is 11.5. The van der Waals surface area contributed by atoms with Gasteiger partial charge in [0, 0.05) is 18.2 Å². The maximum atomic E-state index is 13.3. The second-order valence-corrected chi connectivity index (χ2v) is 5.00. The summed E-state index contributed by atoms with van der Waals surface area (Å²) >= 11 is 1.84. The van der Waals surface area contributed by atoms with Crippen molar-refractivity contribution in [1.29, 1.82) is 0 Å². The van der Waals surface area contributed by atoms with Gasteiger partial charge >= 0.3 is 0 Å². The summed E-state index contributed by atoms with van der Waals surface area (Å²) in [4.78, 5) is 0. The van der Waals surface area contributed by atoms with Crippen LogP contribution in [0, 0.1) is 17.5 Å². The highest BCUT2D eigenvalue weighted by atomic mass is 32.2. The molecule has 0 amide bonds. The second-order valence-electron chi connectivity index (χ2n) is 3.78. The molecule has 0 radical (unpaired) electrons. The summed E-state index contributed by atoms with van der Waals surface area (Å²) in [5.74, 6) is -0.910. The van der Waals surface area contributed by atoms with Crippen LogP contribution in [-0.4, -0.2) is 17.5 Å². The van der Waals surface area contributed by atoms with Gasteiger partial charge in [0.1, 0.15) is 5.82 Å². The molecule has 1 aliphatic rings. The molecule has 0 aromatic heterocycles. The van der Waals surface area contributed by atoms with Gasteiger partial charge < -0.3 is 5.32 Å². The lowest BCUT2D eigenvalue weighted by Gasteiger charge is -2.23. The van der Waals surface area contributed by atoms with E-state index < -0.39 is 17.5 Å². The van der Waals surface area contributed by atoms with Gasteiger partial charge in [0.05, 0.1) is 5.69 Å². The van der Waals surface area contributed by atoms with Crippen molar-refractivity contribution < 1.29 is 13.2 Å². The van der Waals surface area contributed by atoms with Crippen molar-refractivity contribution in [2.45, 2.75) is 18.9 Å². The minimum atomic E-state index is -1.15. The predicted molar refractivity (Wildman–Crippen MR) is 60.3 cm³/mol. The average Bonchev–Trinajstić information content (AvgIpc) is 2.27. The topological polar surface area (TPSA) is 12.0 Å². The minimum Gasteiger partial charge on any atom is -0.380 e. The van der Waals surface area contributed by atoms with Gasteiger partial charge in [-0.1, -0.05) is 0 Å². The van der Waals surface area contributed by atoms with E-state index in [4.69, 9.17) is 0 Å². The number of benzene rings is 1. The van der Waals surface area contributed by atoms with Crippen LogP contribution in [0.15, 0.2) is 12.1 Å². The molecule has 0 aliphatic carbocycles. The number of halogens is 3. The van der Waals surface area contributed by atoms with Crippen molar-refractivity contribution in [3.8, 4) is 0 Å². The van der Waals surface area contributed by atoms with Crippen LogP contribution in [-0.2, 0) is 0 Å². The molecule has 5 heteroatoms. The van der Waals surface area contributed by atoms with Gasteiger partial charge in [0.25, 0.3) is 0 Å². The number of rotatable bonds is 2. The smallest absolute Gasteiger partial charge is 0.182 e. The molecule has 1 saturated heterocycles. The fraction of sp³-hybridized carbons (Fsp3) is 0.455. The Labute approximate surface area is 96.4 Å². The largest absolute Gasteiger partial charge is 0.380 e. The summed E-state index contributed by atoms with van der Waals surface area (Å²) in [7, 11) is 0. The lowest BCUT2D eigenvalue weighted by Crippen LogP contribution is -2.25. The highest BCUT2D eigenvalue weighted by molar-refractivity contribution is 7.99. The Balaban J connectivity index is 2.13. The Morgan fingerprint density at radius 3 is 2.50 bits per heavy atom. The third-order valence-electron chi connectivity index (χ3n) is 2.57. The number of nitrogens with one attached hydrogen (secondary N) is 1. The molecule has 1 nitrogen and oxygen atoms in total. The third-order valence-corrected chi connectivity index (χ3v) is 3.62. The van der Waals surface area contributed by atoms with E-state index in [0.29, 0.717) is 6.07 Å². The van der Waals surface area contributed by atoms with Gasteiger partial charge in [-0.15, -0.1) is 0 Å². The molecule has 0 atom stereocenters. The van der Waals surface area contributed by atoms with Crippen LogP contribution in [0.3, 0.4) is 0 Å². The van der Waals surface area contributed by atoms with Crippen molar-refractivity contribution in [1.82, 2.24) is 0 Å². The van der Waals surface area contributed by atoms with E-state index in [9.17, 15) is 13.2 Å². The molecule has 0 bridgehead atoms. The summed E-state index contributed by atoms with van der Waals surface area (Å²) in [6.07, 6.45) is 1.78. The highest BCUT2D eigenvalue weighted by Crippen LogP contribution is 2.24. The first-order valence-corrected chi connectivity index (χ1v) is 6.31. The molecule has 16 heavy (non-hydrogen) atoms. The average molecular weight is 247 g/mol. The molecule has 0 unspecified atom stereocenters. The fourth-order valence-electron chi connectivity index (χ4n) is 1.72. The summed E-state index contributed by atoms with van der Waals surface area (Å²) in [5, 5.41) is 2.86. The molecule has 1 N–H and O–H groups in total. The maximum Gasteiger partial charge on any atom is 0.182 e. The van der Waals surface area contributed by atoms with Crippen molar-refractivity contribution in [2.24, 2.45) is 0 Å². The van der Waals surface area contributed by atoms with Gasteiger partial charge in [-0.3, -0.25) is 0 Å². The Morgan fingerprint density at radius 2 is 1.81 bits per heavy atom. The first-order valence-electron chi connectivity index (χ1n) is 5.15. The first-order chi connectivity index (χ1) is 7.66. The maximum absolute atomic E-state index is 13.3. The van der Waals surface area contributed by atoms with Crippen LogP contribution in [0.4, 0.5) is 18.9 Å². The second kappa shape index (κ2) is 4.99. The molecular weight excluding hydrogens is 235 g/mol. The van der Waals surface area contributed by atoms with Crippen LogP contribution in [0.2, 0.25) is 0 Å². The molecular formula is C11H12F3NS. The summed E-state index contributed by atoms with van der Waals surface area (Å²) in [5.41, 5.74) is -0.0746. The molecule has 2 rings (SSSR count). The molecule has 0 saturated carbocycles. The predicted octanol–water partition coefficient (Wildman–Crippen LogP) is 3.41. The molecule has 88 valence electrons. The van der Waals surface area contributed by atoms with Crippen molar-refractivity contribution in [3.63, 3.8) is 0 Å². The van der Waals surface area contributed by atoms with E-state index in [0.717, 1.165) is 30.4 Å². The van der Waals surface area contributed by atoms with Crippen LogP contribution >= 0.6 is 11.8 Å². The van der Waals surface area contributed by atoms with Gasteiger partial charge in [0.15, 0.2) is 11.6 Å². The zero-order valence-corrected chi connectivity index (χ0v) is 9.42. The van der Waals surface area contributed by atoms with Crippen LogP contribution in [0.25, 0.3) is 0 Å². The van der Waals surface area contributed by atoms with E-state index in [1.165, 1.54) is 0 Å². The Hall–Kier alpha value is -0.840. The standard InChI is InChI=1S/C11H12F3NS/c12-7-5-9(13)11(14)10(6-7)15-8-1-3-16-4-2-8/h5-6,8,15H,1-4H2. The van der Waals surface area contributed by atoms with Gasteiger partial charge in [0.2, 0.25) is 0 Å². The molecule has 1 aromatic carbocycles. The van der Waals surface area contributed by atoms with Crippen molar-refractivity contribution >= 4 is 17.4 Å². The highest BCUT2D eigenvalue weighted by Gasteiger charge is 2.17. The Kier molecular flexibility index (Phi) is 3.63. The number of hydrogen-bond donors (Lipinski definition) is 1. The quantitative estimate of drug-likeness (QED) is 0.804. The molecule has 1 aliphatic heterocycles. The minimum absolute atomic E-state index is 0.0746. The lowest BCUT2D eigenvalue weighted by molar-refractivity contribution is 0.495. The Morgan fingerprint density at radius 1 is 1.12 bits per heavy atom. The molecule has 1 fully saturated rings. The normalized spacial score (nSPS) is 17.4. The molecule has 1 aromatic rings. The van der Waals surface area contributed by atoms with Gasteiger partial charge in [-0.2, -0.15) is 11.8 Å². The molecule has 1 heterocycles. The Bertz CT molecular complexity index is 378. The summed E-state index contributed by atoms with van der Waals surface area (Å²) in [6, 6.07) is 1.66. The zero-order valence-electron chi connectivity index (χ0n) is 8.60. The summed E-state index contributed by atoms with van der Waals surface area (Å²) < 4.78 is 39.2. The number of thioether (sulfide) groups is 1. The first kappa shape index (κ1) is 11.6. The number of anilines is 1. The van der Waals surface area contributed by atoms with Gasteiger partial charge in [-0.25, -0.2) is 13.2 Å². The number of hydrogen-bond acceptors (Lipinski definition) is 2. The van der Waals surface area contributed by atoms with E-state index >= 15 is 0 Å². The van der Waals surface area contributed by atoms with E-state index in [-0.39, 0.29) is 11.7 Å². The van der Waals surface area contributed by atoms with Crippen molar-refractivity contribution in [3.05, 3.63) is 29.6 Å². The molecule has 0 spiro atoms. The SMILES string of the molecule is Fc1cc(F)c(F)c(NC2CCSCC2)c1. The monoisotopic (exact) mass is 247 g/mol. The van der Waals surface area contributed by atoms with Crippen LogP contribution < -0.4 is 5.32 Å². The van der Waals surface area contributed by atoms with E-state index in [1.54, 1.807) is 0 Å². The van der Waals surface area contributed by atoms with Gasteiger partial charge in [-0.05, 0) is 24.3 Å². The lowest BCUT2D eigenvalue weighted by atomic mass is 10.1. The summed E-state index contributed by atoms with van der Waals surface area (Å²) in [6.45, 7) is 0. The van der Waals surface area contributed by atoms with E-state index in [2.05, 4.69) is 5.32 Å².